The minimum Gasteiger partial charge on any atom is -0.461 e. The standard InChI is InChI=1S/C9H17NO5S/c1-3-5-6-9(11)14-8-7-10-15-16(12,13)4-2/h5-6,10H,3-4,7-8H2,1-2H3. The number of carbonyl (C=O) groups excluding carboxylic acids is 1. The van der Waals surface area contributed by atoms with Crippen molar-refractivity contribution in [1.82, 2.24) is 5.48 Å². The second kappa shape index (κ2) is 8.26. The average Bonchev–Trinajstić information content (AvgIpc) is 2.25. The van der Waals surface area contributed by atoms with E-state index in [1.807, 2.05) is 6.92 Å². The van der Waals surface area contributed by atoms with Gasteiger partial charge < -0.3 is 4.74 Å². The first-order chi connectivity index (χ1) is 7.52. The molecule has 94 valence electrons. The van der Waals surface area contributed by atoms with E-state index in [0.29, 0.717) is 0 Å². The molecule has 16 heavy (non-hydrogen) atoms. The van der Waals surface area contributed by atoms with Crippen molar-refractivity contribution in [1.29, 1.82) is 0 Å². The molecule has 0 atom stereocenters. The quantitative estimate of drug-likeness (QED) is 0.290. The lowest BCUT2D eigenvalue weighted by atomic mass is 10.4. The molecule has 0 unspecified atom stereocenters. The van der Waals surface area contributed by atoms with Crippen LogP contribution in [0.4, 0.5) is 0 Å². The Bertz CT molecular complexity index is 323. The van der Waals surface area contributed by atoms with Gasteiger partial charge in [-0.15, -0.1) is 0 Å². The summed E-state index contributed by atoms with van der Waals surface area (Å²) in [5.41, 5.74) is 2.20. The molecule has 0 heterocycles. The summed E-state index contributed by atoms with van der Waals surface area (Å²) in [4.78, 5) is 10.9. The van der Waals surface area contributed by atoms with Gasteiger partial charge in [-0.2, -0.15) is 18.2 Å². The van der Waals surface area contributed by atoms with E-state index < -0.39 is 16.1 Å². The molecule has 0 rings (SSSR count). The Morgan fingerprint density at radius 1 is 1.38 bits per heavy atom. The van der Waals surface area contributed by atoms with Crippen LogP contribution in [-0.4, -0.2) is 33.3 Å². The van der Waals surface area contributed by atoms with Gasteiger partial charge in [0.1, 0.15) is 6.61 Å². The average molecular weight is 251 g/mol. The summed E-state index contributed by atoms with van der Waals surface area (Å²) in [7, 11) is -3.50. The minimum absolute atomic E-state index is 0.0477. The number of hydrogen-bond donors (Lipinski definition) is 1. The Balaban J connectivity index is 3.55. The zero-order valence-electron chi connectivity index (χ0n) is 9.43. The Morgan fingerprint density at radius 3 is 2.62 bits per heavy atom. The van der Waals surface area contributed by atoms with Gasteiger partial charge in [-0.25, -0.2) is 4.79 Å². The van der Waals surface area contributed by atoms with Crippen molar-refractivity contribution in [3.05, 3.63) is 12.2 Å². The molecule has 0 aliphatic carbocycles. The first-order valence-corrected chi connectivity index (χ1v) is 6.57. The van der Waals surface area contributed by atoms with Gasteiger partial charge in [0.25, 0.3) is 10.1 Å². The number of allylic oxidation sites excluding steroid dienone is 1. The summed E-state index contributed by atoms with van der Waals surface area (Å²) in [6, 6.07) is 0. The lowest BCUT2D eigenvalue weighted by Gasteiger charge is -2.04. The molecule has 0 amide bonds. The largest absolute Gasteiger partial charge is 0.461 e. The molecule has 0 radical (unpaired) electrons. The van der Waals surface area contributed by atoms with E-state index in [-0.39, 0.29) is 18.9 Å². The number of hydrogen-bond acceptors (Lipinski definition) is 6. The fourth-order valence-electron chi connectivity index (χ4n) is 0.646. The van der Waals surface area contributed by atoms with E-state index in [9.17, 15) is 13.2 Å². The van der Waals surface area contributed by atoms with Crippen LogP contribution < -0.4 is 5.48 Å². The fraction of sp³-hybridized carbons (Fsp3) is 0.667. The Morgan fingerprint density at radius 2 is 2.06 bits per heavy atom. The van der Waals surface area contributed by atoms with Gasteiger partial charge in [0.05, 0.1) is 12.3 Å². The number of hydroxylamine groups is 1. The van der Waals surface area contributed by atoms with Crippen LogP contribution in [0.5, 0.6) is 0 Å². The molecule has 0 aliphatic heterocycles. The summed E-state index contributed by atoms with van der Waals surface area (Å²) in [6.07, 6.45) is 3.75. The first kappa shape index (κ1) is 15.1. The highest BCUT2D eigenvalue weighted by molar-refractivity contribution is 7.86. The number of nitrogens with one attached hydrogen (secondary N) is 1. The molecule has 0 spiro atoms. The van der Waals surface area contributed by atoms with Crippen molar-refractivity contribution in [3.63, 3.8) is 0 Å². The predicted octanol–water partition coefficient (Wildman–Crippen LogP) is 0.367. The third-order valence-corrected chi connectivity index (χ3v) is 2.56. The Hall–Kier alpha value is -0.920. The second-order valence-corrected chi connectivity index (χ2v) is 4.66. The third kappa shape index (κ3) is 8.39. The molecule has 7 heteroatoms. The van der Waals surface area contributed by atoms with E-state index in [4.69, 9.17) is 4.74 Å². The SMILES string of the molecule is CCC=CC(=O)OCCNOS(=O)(=O)CC. The molecule has 0 saturated heterocycles. The van der Waals surface area contributed by atoms with Gasteiger partial charge in [-0.3, -0.25) is 0 Å². The summed E-state index contributed by atoms with van der Waals surface area (Å²) in [5.74, 6) is -0.569. The zero-order valence-corrected chi connectivity index (χ0v) is 10.2. The van der Waals surface area contributed by atoms with Gasteiger partial charge in [0.15, 0.2) is 0 Å². The van der Waals surface area contributed by atoms with Crippen molar-refractivity contribution >= 4 is 16.1 Å². The van der Waals surface area contributed by atoms with Crippen LogP contribution in [0.2, 0.25) is 0 Å². The molecule has 0 aliphatic rings. The highest BCUT2D eigenvalue weighted by Gasteiger charge is 2.06. The van der Waals surface area contributed by atoms with Gasteiger partial charge in [-0.1, -0.05) is 13.0 Å². The zero-order chi connectivity index (χ0) is 12.4. The summed E-state index contributed by atoms with van der Waals surface area (Å²) in [6.45, 7) is 3.53. The monoisotopic (exact) mass is 251 g/mol. The lowest BCUT2D eigenvalue weighted by molar-refractivity contribution is -0.137. The van der Waals surface area contributed by atoms with Crippen molar-refractivity contribution in [2.75, 3.05) is 18.9 Å². The maximum absolute atomic E-state index is 10.9. The second-order valence-electron chi connectivity index (χ2n) is 2.80. The van der Waals surface area contributed by atoms with E-state index in [2.05, 4.69) is 9.76 Å². The molecule has 0 aromatic carbocycles. The fourth-order valence-corrected chi connectivity index (χ4v) is 1.03. The van der Waals surface area contributed by atoms with E-state index in [1.165, 1.54) is 13.0 Å². The van der Waals surface area contributed by atoms with E-state index >= 15 is 0 Å². The maximum atomic E-state index is 10.9. The maximum Gasteiger partial charge on any atom is 0.330 e. The Labute approximate surface area is 95.7 Å². The lowest BCUT2D eigenvalue weighted by Crippen LogP contribution is -2.25. The molecule has 6 nitrogen and oxygen atoms in total. The minimum atomic E-state index is -3.50. The number of rotatable bonds is 8. The predicted molar refractivity (Wildman–Crippen MR) is 58.9 cm³/mol. The van der Waals surface area contributed by atoms with Crippen LogP contribution in [0.3, 0.4) is 0 Å². The van der Waals surface area contributed by atoms with Crippen LogP contribution in [0.15, 0.2) is 12.2 Å². The number of esters is 1. The molecule has 0 aromatic rings. The molecular formula is C9H17NO5S. The van der Waals surface area contributed by atoms with Crippen LogP contribution in [0.1, 0.15) is 20.3 Å². The highest BCUT2D eigenvalue weighted by atomic mass is 32.2. The topological polar surface area (TPSA) is 81.7 Å². The molecular weight excluding hydrogens is 234 g/mol. The van der Waals surface area contributed by atoms with Gasteiger partial charge in [0, 0.05) is 6.08 Å². The summed E-state index contributed by atoms with van der Waals surface area (Å²) >= 11 is 0. The van der Waals surface area contributed by atoms with Gasteiger partial charge >= 0.3 is 5.97 Å². The van der Waals surface area contributed by atoms with Crippen molar-refractivity contribution in [2.24, 2.45) is 0 Å². The van der Waals surface area contributed by atoms with Gasteiger partial charge in [0.2, 0.25) is 0 Å². The number of ether oxygens (including phenoxy) is 1. The van der Waals surface area contributed by atoms with Crippen LogP contribution >= 0.6 is 0 Å². The van der Waals surface area contributed by atoms with E-state index in [0.717, 1.165) is 6.42 Å². The molecule has 0 fully saturated rings. The van der Waals surface area contributed by atoms with Crippen LogP contribution in [0.25, 0.3) is 0 Å². The van der Waals surface area contributed by atoms with Crippen LogP contribution in [-0.2, 0) is 23.9 Å². The molecule has 0 saturated carbocycles. The van der Waals surface area contributed by atoms with E-state index in [1.54, 1.807) is 6.08 Å². The van der Waals surface area contributed by atoms with Gasteiger partial charge in [-0.05, 0) is 13.3 Å². The van der Waals surface area contributed by atoms with Crippen molar-refractivity contribution in [3.8, 4) is 0 Å². The Kier molecular flexibility index (Phi) is 7.78. The normalized spacial score (nSPS) is 11.9. The smallest absolute Gasteiger partial charge is 0.330 e. The third-order valence-electron chi connectivity index (χ3n) is 1.48. The summed E-state index contributed by atoms with van der Waals surface area (Å²) in [5, 5.41) is 0. The molecule has 1 N–H and O–H groups in total. The highest BCUT2D eigenvalue weighted by Crippen LogP contribution is 1.88. The first-order valence-electron chi connectivity index (χ1n) is 4.99. The van der Waals surface area contributed by atoms with Crippen LogP contribution in [0, 0.1) is 0 Å². The molecule has 0 bridgehead atoms. The number of carbonyl (C=O) groups is 1. The molecule has 0 aromatic heterocycles. The van der Waals surface area contributed by atoms with Crippen molar-refractivity contribution < 1.29 is 22.2 Å². The summed E-state index contributed by atoms with van der Waals surface area (Å²) < 4.78 is 30.8. The van der Waals surface area contributed by atoms with Crippen molar-refractivity contribution in [2.45, 2.75) is 20.3 Å².